The van der Waals surface area contributed by atoms with Gasteiger partial charge in [-0.2, -0.15) is 0 Å². The van der Waals surface area contributed by atoms with Gasteiger partial charge in [0.25, 0.3) is 5.91 Å². The molecular weight excluding hydrogens is 246 g/mol. The fraction of sp³-hybridized carbons (Fsp3) is 0.462. The van der Waals surface area contributed by atoms with Crippen LogP contribution in [0.3, 0.4) is 0 Å². The van der Waals surface area contributed by atoms with Gasteiger partial charge in [0.1, 0.15) is 11.4 Å². The number of aromatic nitrogens is 1. The zero-order valence-electron chi connectivity index (χ0n) is 11.6. The van der Waals surface area contributed by atoms with Crippen LogP contribution in [-0.2, 0) is 4.79 Å². The van der Waals surface area contributed by atoms with E-state index in [9.17, 15) is 14.7 Å². The lowest BCUT2D eigenvalue weighted by molar-refractivity contribution is -0.141. The predicted octanol–water partition coefficient (Wildman–Crippen LogP) is 1.46. The summed E-state index contributed by atoms with van der Waals surface area (Å²) in [4.78, 5) is 27.0. The van der Waals surface area contributed by atoms with Gasteiger partial charge in [0.15, 0.2) is 0 Å². The molecule has 4 N–H and O–H groups in total. The predicted molar refractivity (Wildman–Crippen MR) is 72.2 cm³/mol. The van der Waals surface area contributed by atoms with Crippen molar-refractivity contribution in [3.05, 3.63) is 22.9 Å². The number of hydrogen-bond acceptors (Lipinski definition) is 4. The van der Waals surface area contributed by atoms with Crippen LogP contribution < -0.4 is 11.1 Å². The molecule has 0 aliphatic carbocycles. The number of primary amides is 1. The third kappa shape index (κ3) is 3.01. The summed E-state index contributed by atoms with van der Waals surface area (Å²) >= 11 is 0. The number of carbonyl (C=O) groups excluding carboxylic acids is 1. The van der Waals surface area contributed by atoms with Gasteiger partial charge in [-0.05, 0) is 38.8 Å². The smallest absolute Gasteiger partial charge is 0.329 e. The molecule has 1 aromatic rings. The van der Waals surface area contributed by atoms with Gasteiger partial charge in [-0.3, -0.25) is 4.79 Å². The van der Waals surface area contributed by atoms with Gasteiger partial charge in [0, 0.05) is 5.69 Å². The molecule has 0 aliphatic rings. The van der Waals surface area contributed by atoms with Gasteiger partial charge in [0.2, 0.25) is 0 Å². The molecule has 104 valence electrons. The monoisotopic (exact) mass is 265 g/mol. The summed E-state index contributed by atoms with van der Waals surface area (Å²) in [6.45, 7) is 6.80. The third-order valence-electron chi connectivity index (χ3n) is 3.16. The largest absolute Gasteiger partial charge is 0.480 e. The zero-order valence-corrected chi connectivity index (χ0v) is 11.6. The Morgan fingerprint density at radius 3 is 2.47 bits per heavy atom. The molecule has 0 saturated carbocycles. The first-order valence-electron chi connectivity index (χ1n) is 6.01. The summed E-state index contributed by atoms with van der Waals surface area (Å²) in [5, 5.41) is 12.1. The van der Waals surface area contributed by atoms with Gasteiger partial charge in [-0.25, -0.2) is 9.78 Å². The number of anilines is 1. The quantitative estimate of drug-likeness (QED) is 0.747. The van der Waals surface area contributed by atoms with Gasteiger partial charge >= 0.3 is 5.97 Å². The van der Waals surface area contributed by atoms with Crippen molar-refractivity contribution in [2.45, 2.75) is 39.7 Å². The highest BCUT2D eigenvalue weighted by Crippen LogP contribution is 2.23. The Kier molecular flexibility index (Phi) is 4.14. The second-order valence-electron chi connectivity index (χ2n) is 4.78. The number of nitrogens with zero attached hydrogens (tertiary/aromatic N) is 1. The molecule has 1 rings (SSSR count). The van der Waals surface area contributed by atoms with Crippen molar-refractivity contribution in [3.63, 3.8) is 0 Å². The first-order chi connectivity index (χ1) is 8.71. The van der Waals surface area contributed by atoms with E-state index in [1.165, 1.54) is 0 Å². The Morgan fingerprint density at radius 2 is 2.05 bits per heavy atom. The molecule has 19 heavy (non-hydrogen) atoms. The Hall–Kier alpha value is -2.11. The number of aliphatic carboxylic acids is 1. The van der Waals surface area contributed by atoms with E-state index >= 15 is 0 Å². The second kappa shape index (κ2) is 5.26. The van der Waals surface area contributed by atoms with Crippen molar-refractivity contribution in [2.24, 2.45) is 5.73 Å². The maximum atomic E-state index is 11.5. The normalized spacial score (nSPS) is 13.7. The molecule has 1 unspecified atom stereocenters. The van der Waals surface area contributed by atoms with E-state index in [0.717, 1.165) is 0 Å². The van der Waals surface area contributed by atoms with Gasteiger partial charge in [0.05, 0.1) is 5.56 Å². The van der Waals surface area contributed by atoms with Crippen molar-refractivity contribution in [2.75, 3.05) is 5.32 Å². The summed E-state index contributed by atoms with van der Waals surface area (Å²) < 4.78 is 0. The molecular formula is C13H19N3O3. The van der Waals surface area contributed by atoms with Crippen molar-refractivity contribution in [1.29, 1.82) is 0 Å². The topological polar surface area (TPSA) is 105 Å². The van der Waals surface area contributed by atoms with Crippen LogP contribution in [0.25, 0.3) is 0 Å². The molecule has 0 spiro atoms. The molecule has 1 aromatic heterocycles. The van der Waals surface area contributed by atoms with Crippen LogP contribution >= 0.6 is 0 Å². The first kappa shape index (κ1) is 14.9. The van der Waals surface area contributed by atoms with Gasteiger partial charge in [-0.15, -0.1) is 0 Å². The average Bonchev–Trinajstić information content (AvgIpc) is 2.26. The summed E-state index contributed by atoms with van der Waals surface area (Å²) in [5.74, 6) is -1.42. The first-order valence-corrected chi connectivity index (χ1v) is 6.01. The summed E-state index contributed by atoms with van der Waals surface area (Å²) in [6.07, 6.45) is 0.342. The van der Waals surface area contributed by atoms with Gasteiger partial charge < -0.3 is 16.2 Å². The number of nitrogens with one attached hydrogen (secondary N) is 1. The lowest BCUT2D eigenvalue weighted by Gasteiger charge is -2.26. The minimum absolute atomic E-state index is 0.219. The molecule has 6 heteroatoms. The van der Waals surface area contributed by atoms with E-state index in [2.05, 4.69) is 10.3 Å². The number of carboxylic acids is 1. The molecule has 1 heterocycles. The van der Waals surface area contributed by atoms with E-state index in [0.29, 0.717) is 17.7 Å². The molecule has 0 bridgehead atoms. The molecule has 1 amide bonds. The maximum Gasteiger partial charge on any atom is 0.329 e. The van der Waals surface area contributed by atoms with Crippen LogP contribution in [0.4, 0.5) is 5.82 Å². The fourth-order valence-electron chi connectivity index (χ4n) is 1.79. The van der Waals surface area contributed by atoms with Crippen LogP contribution in [0.1, 0.15) is 41.9 Å². The number of nitrogens with two attached hydrogens (primary N) is 1. The van der Waals surface area contributed by atoms with Crippen molar-refractivity contribution < 1.29 is 14.7 Å². The molecule has 0 saturated heterocycles. The summed E-state index contributed by atoms with van der Waals surface area (Å²) in [5.41, 5.74) is 5.73. The highest BCUT2D eigenvalue weighted by Gasteiger charge is 2.32. The van der Waals surface area contributed by atoms with Crippen molar-refractivity contribution >= 4 is 17.7 Å². The molecule has 0 aliphatic heterocycles. The van der Waals surface area contributed by atoms with Crippen LogP contribution in [0.2, 0.25) is 0 Å². The van der Waals surface area contributed by atoms with Crippen LogP contribution in [0, 0.1) is 13.8 Å². The number of pyridine rings is 1. The van der Waals surface area contributed by atoms with E-state index in [4.69, 9.17) is 5.73 Å². The Bertz CT molecular complexity index is 528. The zero-order chi connectivity index (χ0) is 14.8. The Balaban J connectivity index is 3.34. The van der Waals surface area contributed by atoms with Crippen LogP contribution in [-0.4, -0.2) is 27.5 Å². The summed E-state index contributed by atoms with van der Waals surface area (Å²) in [6, 6.07) is 1.73. The highest BCUT2D eigenvalue weighted by atomic mass is 16.4. The number of amides is 1. The van der Waals surface area contributed by atoms with E-state index in [1.54, 1.807) is 33.8 Å². The van der Waals surface area contributed by atoms with Crippen LogP contribution in [0.15, 0.2) is 6.07 Å². The molecule has 0 fully saturated rings. The van der Waals surface area contributed by atoms with E-state index < -0.39 is 17.4 Å². The minimum atomic E-state index is -1.20. The number of aryl methyl sites for hydroxylation is 2. The lowest BCUT2D eigenvalue weighted by atomic mass is 9.98. The van der Waals surface area contributed by atoms with E-state index in [-0.39, 0.29) is 11.4 Å². The maximum absolute atomic E-state index is 11.5. The SMILES string of the molecule is CCC(C)(Nc1nc(C)cc(C)c1C(N)=O)C(=O)O. The summed E-state index contributed by atoms with van der Waals surface area (Å²) in [7, 11) is 0. The number of carbonyl (C=O) groups is 2. The lowest BCUT2D eigenvalue weighted by Crippen LogP contribution is -2.43. The highest BCUT2D eigenvalue weighted by molar-refractivity contribution is 5.99. The Labute approximate surface area is 112 Å². The fourth-order valence-corrected chi connectivity index (χ4v) is 1.79. The molecule has 0 radical (unpaired) electrons. The molecule has 0 aromatic carbocycles. The van der Waals surface area contributed by atoms with E-state index in [1.807, 2.05) is 0 Å². The molecule has 6 nitrogen and oxygen atoms in total. The minimum Gasteiger partial charge on any atom is -0.480 e. The number of hydrogen-bond donors (Lipinski definition) is 3. The Morgan fingerprint density at radius 1 is 1.47 bits per heavy atom. The van der Waals surface area contributed by atoms with Gasteiger partial charge in [-0.1, -0.05) is 6.92 Å². The van der Waals surface area contributed by atoms with Crippen LogP contribution in [0.5, 0.6) is 0 Å². The third-order valence-corrected chi connectivity index (χ3v) is 3.16. The number of carboxylic acid groups (broad SMARTS) is 1. The van der Waals surface area contributed by atoms with Crippen molar-refractivity contribution in [3.8, 4) is 0 Å². The molecule has 1 atom stereocenters. The number of rotatable bonds is 5. The average molecular weight is 265 g/mol. The second-order valence-corrected chi connectivity index (χ2v) is 4.78. The van der Waals surface area contributed by atoms with Crippen molar-refractivity contribution in [1.82, 2.24) is 4.98 Å². The standard InChI is InChI=1S/C13H19N3O3/c1-5-13(4,12(18)19)16-11-9(10(14)17)7(2)6-8(3)15-11/h6H,5H2,1-4H3,(H2,14,17)(H,15,16)(H,18,19).